The van der Waals surface area contributed by atoms with Gasteiger partial charge in [-0.2, -0.15) is 0 Å². The normalized spacial score (nSPS) is 44.3. The maximum atomic E-state index is 11.0. The Morgan fingerprint density at radius 3 is 2.60 bits per heavy atom. The van der Waals surface area contributed by atoms with Gasteiger partial charge < -0.3 is 4.74 Å². The van der Waals surface area contributed by atoms with E-state index in [-0.39, 0.29) is 12.0 Å². The van der Waals surface area contributed by atoms with Gasteiger partial charge in [-0.05, 0) is 26.2 Å². The largest absolute Gasteiger partial charge is 0.374 e. The average molecular weight is 140 g/mol. The van der Waals surface area contributed by atoms with Crippen LogP contribution in [0.15, 0.2) is 0 Å². The zero-order valence-corrected chi connectivity index (χ0v) is 6.17. The molecule has 2 rings (SSSR count). The van der Waals surface area contributed by atoms with Crippen LogP contribution in [0.25, 0.3) is 0 Å². The number of Topliss-reactive ketones (excluding diaryl/α,β-unsaturated/α-hetero) is 1. The zero-order chi connectivity index (χ0) is 7.14. The molecular formula is C8H12O2. The second kappa shape index (κ2) is 2.06. The molecule has 0 aromatic rings. The minimum absolute atomic E-state index is 0.235. The van der Waals surface area contributed by atoms with Crippen LogP contribution in [0, 0.1) is 5.92 Å². The molecule has 2 saturated heterocycles. The molecule has 56 valence electrons. The van der Waals surface area contributed by atoms with Crippen LogP contribution in [-0.2, 0) is 9.53 Å². The standard InChI is InChI=1S/C8H12O2/c1-5(9)7-4-6-2-3-8(7)10-6/h6-8H,2-4H2,1H3/t6-,7+,8+/m0/s1. The van der Waals surface area contributed by atoms with Crippen molar-refractivity contribution >= 4 is 5.78 Å². The van der Waals surface area contributed by atoms with E-state index in [1.165, 1.54) is 6.42 Å². The van der Waals surface area contributed by atoms with Crippen LogP contribution in [0.2, 0.25) is 0 Å². The first kappa shape index (κ1) is 6.35. The number of ketones is 1. The summed E-state index contributed by atoms with van der Waals surface area (Å²) in [6.07, 6.45) is 3.96. The molecule has 2 bridgehead atoms. The summed E-state index contributed by atoms with van der Waals surface area (Å²) in [4.78, 5) is 11.0. The summed E-state index contributed by atoms with van der Waals surface area (Å²) < 4.78 is 5.53. The van der Waals surface area contributed by atoms with E-state index in [4.69, 9.17) is 4.74 Å². The molecule has 0 saturated carbocycles. The van der Waals surface area contributed by atoms with E-state index >= 15 is 0 Å². The van der Waals surface area contributed by atoms with E-state index < -0.39 is 0 Å². The fraction of sp³-hybridized carbons (Fsp3) is 0.875. The van der Waals surface area contributed by atoms with E-state index in [0.717, 1.165) is 12.8 Å². The van der Waals surface area contributed by atoms with Crippen LogP contribution in [0.5, 0.6) is 0 Å². The fourth-order valence-electron chi connectivity index (χ4n) is 2.07. The predicted octanol–water partition coefficient (Wildman–Crippen LogP) is 1.14. The molecule has 3 atom stereocenters. The first-order valence-corrected chi connectivity index (χ1v) is 3.93. The second-order valence-corrected chi connectivity index (χ2v) is 3.33. The lowest BCUT2D eigenvalue weighted by molar-refractivity contribution is -0.122. The molecule has 2 fully saturated rings. The van der Waals surface area contributed by atoms with Gasteiger partial charge in [0.1, 0.15) is 5.78 Å². The molecule has 2 aliphatic rings. The van der Waals surface area contributed by atoms with Crippen molar-refractivity contribution in [1.29, 1.82) is 0 Å². The average Bonchev–Trinajstić information content (AvgIpc) is 2.44. The summed E-state index contributed by atoms with van der Waals surface area (Å²) in [6, 6.07) is 0. The zero-order valence-electron chi connectivity index (χ0n) is 6.17. The highest BCUT2D eigenvalue weighted by Crippen LogP contribution is 2.38. The smallest absolute Gasteiger partial charge is 0.135 e. The van der Waals surface area contributed by atoms with Crippen molar-refractivity contribution in [3.05, 3.63) is 0 Å². The predicted molar refractivity (Wildman–Crippen MR) is 36.7 cm³/mol. The van der Waals surface area contributed by atoms with Gasteiger partial charge in [0.25, 0.3) is 0 Å². The summed E-state index contributed by atoms with van der Waals surface area (Å²) in [5.74, 6) is 0.547. The summed E-state index contributed by atoms with van der Waals surface area (Å²) in [5, 5.41) is 0. The van der Waals surface area contributed by atoms with E-state index in [2.05, 4.69) is 0 Å². The van der Waals surface area contributed by atoms with Crippen molar-refractivity contribution in [2.24, 2.45) is 5.92 Å². The minimum Gasteiger partial charge on any atom is -0.374 e. The summed E-state index contributed by atoms with van der Waals surface area (Å²) >= 11 is 0. The Morgan fingerprint density at radius 1 is 1.50 bits per heavy atom. The monoisotopic (exact) mass is 140 g/mol. The molecule has 0 amide bonds. The molecule has 2 heteroatoms. The summed E-state index contributed by atoms with van der Waals surface area (Å²) in [5.41, 5.74) is 0. The van der Waals surface area contributed by atoms with Crippen LogP contribution >= 0.6 is 0 Å². The number of rotatable bonds is 1. The molecule has 0 radical (unpaired) electrons. The third kappa shape index (κ3) is 0.788. The number of carbonyl (C=O) groups excluding carboxylic acids is 1. The SMILES string of the molecule is CC(=O)[C@H]1C[C@@H]2CC[C@H]1O2. The molecule has 2 aliphatic heterocycles. The van der Waals surface area contributed by atoms with Crippen LogP contribution in [0.3, 0.4) is 0 Å². The van der Waals surface area contributed by atoms with E-state index in [1.807, 2.05) is 0 Å². The molecule has 2 nitrogen and oxygen atoms in total. The third-order valence-corrected chi connectivity index (χ3v) is 2.63. The van der Waals surface area contributed by atoms with Gasteiger partial charge in [-0.3, -0.25) is 4.79 Å². The van der Waals surface area contributed by atoms with Gasteiger partial charge in [-0.15, -0.1) is 0 Å². The molecule has 0 aromatic carbocycles. The van der Waals surface area contributed by atoms with Gasteiger partial charge in [-0.25, -0.2) is 0 Å². The highest BCUT2D eigenvalue weighted by Gasteiger charge is 2.42. The van der Waals surface area contributed by atoms with Crippen molar-refractivity contribution in [3.63, 3.8) is 0 Å². The maximum Gasteiger partial charge on any atom is 0.135 e. The Bertz CT molecular complexity index is 165. The number of ether oxygens (including phenoxy) is 1. The molecular weight excluding hydrogens is 128 g/mol. The lowest BCUT2D eigenvalue weighted by atomic mass is 9.87. The first-order valence-electron chi connectivity index (χ1n) is 3.93. The summed E-state index contributed by atoms with van der Waals surface area (Å²) in [7, 11) is 0. The van der Waals surface area contributed by atoms with E-state index in [0.29, 0.717) is 11.9 Å². The van der Waals surface area contributed by atoms with Crippen LogP contribution in [0.1, 0.15) is 26.2 Å². The lowest BCUT2D eigenvalue weighted by Gasteiger charge is -2.14. The highest BCUT2D eigenvalue weighted by molar-refractivity contribution is 5.79. The Kier molecular flexibility index (Phi) is 1.31. The molecule has 2 heterocycles. The Labute approximate surface area is 60.6 Å². The molecule has 0 N–H and O–H groups in total. The van der Waals surface area contributed by atoms with Crippen molar-refractivity contribution < 1.29 is 9.53 Å². The molecule has 0 aliphatic carbocycles. The number of hydrogen-bond acceptors (Lipinski definition) is 2. The molecule has 0 aromatic heterocycles. The van der Waals surface area contributed by atoms with Gasteiger partial charge in [-0.1, -0.05) is 0 Å². The van der Waals surface area contributed by atoms with Gasteiger partial charge in [0.2, 0.25) is 0 Å². The quantitative estimate of drug-likeness (QED) is 0.546. The van der Waals surface area contributed by atoms with Crippen LogP contribution < -0.4 is 0 Å². The number of carbonyl (C=O) groups is 1. The number of fused-ring (bicyclic) bond motifs is 2. The lowest BCUT2D eigenvalue weighted by Crippen LogP contribution is -2.22. The summed E-state index contributed by atoms with van der Waals surface area (Å²) in [6.45, 7) is 1.68. The maximum absolute atomic E-state index is 11.0. The number of hydrogen-bond donors (Lipinski definition) is 0. The van der Waals surface area contributed by atoms with Crippen molar-refractivity contribution in [2.45, 2.75) is 38.4 Å². The van der Waals surface area contributed by atoms with Crippen molar-refractivity contribution in [1.82, 2.24) is 0 Å². The van der Waals surface area contributed by atoms with Crippen LogP contribution in [0.4, 0.5) is 0 Å². The highest BCUT2D eigenvalue weighted by atomic mass is 16.5. The van der Waals surface area contributed by atoms with Crippen molar-refractivity contribution in [3.8, 4) is 0 Å². The Morgan fingerprint density at radius 2 is 2.30 bits per heavy atom. The van der Waals surface area contributed by atoms with E-state index in [1.54, 1.807) is 6.92 Å². The van der Waals surface area contributed by atoms with Crippen molar-refractivity contribution in [2.75, 3.05) is 0 Å². The fourth-order valence-corrected chi connectivity index (χ4v) is 2.07. The second-order valence-electron chi connectivity index (χ2n) is 3.33. The van der Waals surface area contributed by atoms with Gasteiger partial charge in [0.15, 0.2) is 0 Å². The van der Waals surface area contributed by atoms with Gasteiger partial charge in [0, 0.05) is 5.92 Å². The Hall–Kier alpha value is -0.370. The molecule has 10 heavy (non-hydrogen) atoms. The third-order valence-electron chi connectivity index (χ3n) is 2.63. The van der Waals surface area contributed by atoms with E-state index in [9.17, 15) is 4.79 Å². The first-order chi connectivity index (χ1) is 4.77. The van der Waals surface area contributed by atoms with Gasteiger partial charge in [0.05, 0.1) is 12.2 Å². The molecule has 0 unspecified atom stereocenters. The Balaban J connectivity index is 2.08. The van der Waals surface area contributed by atoms with Crippen LogP contribution in [-0.4, -0.2) is 18.0 Å². The topological polar surface area (TPSA) is 26.3 Å². The minimum atomic E-state index is 0.235. The molecule has 0 spiro atoms. The van der Waals surface area contributed by atoms with Gasteiger partial charge >= 0.3 is 0 Å².